The van der Waals surface area contributed by atoms with Crippen molar-refractivity contribution in [3.63, 3.8) is 0 Å². The molecule has 3 heteroatoms. The quantitative estimate of drug-likeness (QED) is 0.828. The Bertz CT molecular complexity index is 666. The molecule has 0 unspecified atom stereocenters. The summed E-state index contributed by atoms with van der Waals surface area (Å²) in [5.74, 6) is 2.01. The molecule has 0 aliphatic carbocycles. The number of nitrogens with zero attached hydrogens (tertiary/aromatic N) is 1. The van der Waals surface area contributed by atoms with Gasteiger partial charge in [0.25, 0.3) is 0 Å². The van der Waals surface area contributed by atoms with Gasteiger partial charge in [-0.25, -0.2) is 0 Å². The number of ether oxygens (including phenoxy) is 1. The number of rotatable bonds is 2. The van der Waals surface area contributed by atoms with Gasteiger partial charge in [-0.3, -0.25) is 4.90 Å². The summed E-state index contributed by atoms with van der Waals surface area (Å²) in [6.07, 6.45) is 1.31. The Labute approximate surface area is 130 Å². The molecule has 2 aliphatic heterocycles. The normalized spacial score (nSPS) is 20.9. The van der Waals surface area contributed by atoms with Gasteiger partial charge in [0.05, 0.1) is 13.2 Å². The maximum absolute atomic E-state index is 5.46. The summed E-state index contributed by atoms with van der Waals surface area (Å²) in [4.78, 5) is 3.98. The molecule has 2 aromatic carbocycles. The van der Waals surface area contributed by atoms with Crippen LogP contribution in [0.5, 0.6) is 5.75 Å². The van der Waals surface area contributed by atoms with Crippen LogP contribution in [0.1, 0.15) is 29.2 Å². The molecule has 0 radical (unpaired) electrons. The third kappa shape index (κ3) is 2.25. The van der Waals surface area contributed by atoms with E-state index in [9.17, 15) is 0 Å². The molecular weight excluding hydrogens is 278 g/mol. The minimum absolute atomic E-state index is 0.384. The minimum atomic E-state index is 0.384. The molecule has 1 saturated heterocycles. The molecule has 2 nitrogen and oxygen atoms in total. The van der Waals surface area contributed by atoms with E-state index in [0.29, 0.717) is 6.04 Å². The van der Waals surface area contributed by atoms with Crippen LogP contribution in [0.2, 0.25) is 0 Å². The van der Waals surface area contributed by atoms with E-state index in [-0.39, 0.29) is 0 Å². The molecular formula is C18H19NOS. The average molecular weight is 297 g/mol. The van der Waals surface area contributed by atoms with E-state index in [1.807, 2.05) is 11.8 Å². The average Bonchev–Trinajstić information content (AvgIpc) is 2.63. The van der Waals surface area contributed by atoms with Gasteiger partial charge in [-0.1, -0.05) is 24.3 Å². The van der Waals surface area contributed by atoms with Crippen molar-refractivity contribution in [1.82, 2.24) is 4.90 Å². The monoisotopic (exact) mass is 297 g/mol. The molecule has 2 heterocycles. The summed E-state index contributed by atoms with van der Waals surface area (Å²) in [5.41, 5.74) is 4.34. The highest BCUT2D eigenvalue weighted by molar-refractivity contribution is 7.98. The second kappa shape index (κ2) is 5.39. The van der Waals surface area contributed by atoms with Crippen LogP contribution in [-0.2, 0) is 5.75 Å². The fourth-order valence-electron chi connectivity index (χ4n) is 3.25. The first-order valence-electron chi connectivity index (χ1n) is 7.49. The van der Waals surface area contributed by atoms with Crippen molar-refractivity contribution in [3.05, 3.63) is 59.2 Å². The molecule has 1 atom stereocenters. The van der Waals surface area contributed by atoms with Gasteiger partial charge in [0, 0.05) is 23.7 Å². The number of hydrogen-bond acceptors (Lipinski definition) is 3. The van der Waals surface area contributed by atoms with E-state index in [1.54, 1.807) is 7.11 Å². The number of methoxy groups -OCH3 is 1. The van der Waals surface area contributed by atoms with Crippen LogP contribution in [-0.4, -0.2) is 25.1 Å². The summed E-state index contributed by atoms with van der Waals surface area (Å²) < 4.78 is 5.46. The van der Waals surface area contributed by atoms with E-state index in [1.165, 1.54) is 41.1 Å². The number of benzene rings is 2. The number of thioether (sulfide) groups is 1. The molecule has 4 rings (SSSR count). The fraction of sp³-hybridized carbons (Fsp3) is 0.333. The highest BCUT2D eigenvalue weighted by Gasteiger charge is 2.32. The number of likely N-dealkylation sites (tertiary alicyclic amines) is 1. The lowest BCUT2D eigenvalue weighted by atomic mass is 9.91. The first kappa shape index (κ1) is 13.2. The molecule has 0 saturated carbocycles. The van der Waals surface area contributed by atoms with Crippen LogP contribution in [0.3, 0.4) is 0 Å². The zero-order chi connectivity index (χ0) is 14.2. The third-order valence-electron chi connectivity index (χ3n) is 4.50. The van der Waals surface area contributed by atoms with Gasteiger partial charge < -0.3 is 4.74 Å². The number of fused-ring (bicyclic) bond motifs is 2. The van der Waals surface area contributed by atoms with Crippen molar-refractivity contribution in [3.8, 4) is 5.75 Å². The van der Waals surface area contributed by atoms with Gasteiger partial charge >= 0.3 is 0 Å². The predicted molar refractivity (Wildman–Crippen MR) is 87.0 cm³/mol. The lowest BCUT2D eigenvalue weighted by Crippen LogP contribution is -2.41. The van der Waals surface area contributed by atoms with Gasteiger partial charge in [-0.15, -0.1) is 11.8 Å². The Morgan fingerprint density at radius 1 is 1.10 bits per heavy atom. The van der Waals surface area contributed by atoms with E-state index in [2.05, 4.69) is 47.4 Å². The van der Waals surface area contributed by atoms with Gasteiger partial charge in [0.1, 0.15) is 5.75 Å². The zero-order valence-corrected chi connectivity index (χ0v) is 13.0. The van der Waals surface area contributed by atoms with Crippen LogP contribution in [0, 0.1) is 0 Å². The second-order valence-corrected chi connectivity index (χ2v) is 6.70. The third-order valence-corrected chi connectivity index (χ3v) is 5.64. The van der Waals surface area contributed by atoms with Gasteiger partial charge in [0.15, 0.2) is 0 Å². The van der Waals surface area contributed by atoms with E-state index in [4.69, 9.17) is 4.74 Å². The summed E-state index contributed by atoms with van der Waals surface area (Å²) >= 11 is 1.94. The Hall–Kier alpha value is -1.45. The molecule has 108 valence electrons. The van der Waals surface area contributed by atoms with Crippen LogP contribution in [0.25, 0.3) is 0 Å². The zero-order valence-electron chi connectivity index (χ0n) is 12.2. The number of hydrogen-bond donors (Lipinski definition) is 0. The smallest absolute Gasteiger partial charge is 0.119 e. The summed E-state index contributed by atoms with van der Waals surface area (Å²) in [5, 5.41) is 0. The Kier molecular flexibility index (Phi) is 3.40. The molecule has 0 spiro atoms. The molecule has 2 aliphatic rings. The van der Waals surface area contributed by atoms with Crippen molar-refractivity contribution in [2.75, 3.05) is 20.2 Å². The minimum Gasteiger partial charge on any atom is -0.497 e. The molecule has 1 fully saturated rings. The van der Waals surface area contributed by atoms with Crippen LogP contribution >= 0.6 is 11.8 Å². The largest absolute Gasteiger partial charge is 0.497 e. The van der Waals surface area contributed by atoms with Crippen molar-refractivity contribution in [1.29, 1.82) is 0 Å². The van der Waals surface area contributed by atoms with E-state index < -0.39 is 0 Å². The van der Waals surface area contributed by atoms with E-state index in [0.717, 1.165) is 11.5 Å². The van der Waals surface area contributed by atoms with Gasteiger partial charge in [-0.05, 0) is 41.3 Å². The topological polar surface area (TPSA) is 12.5 Å². The first-order valence-corrected chi connectivity index (χ1v) is 8.48. The summed E-state index contributed by atoms with van der Waals surface area (Å²) in [6.45, 7) is 2.39. The predicted octanol–water partition coefficient (Wildman–Crippen LogP) is 4.10. The summed E-state index contributed by atoms with van der Waals surface area (Å²) in [7, 11) is 1.75. The molecule has 0 aromatic heterocycles. The van der Waals surface area contributed by atoms with Crippen molar-refractivity contribution in [2.45, 2.75) is 23.1 Å². The molecule has 21 heavy (non-hydrogen) atoms. The first-order chi connectivity index (χ1) is 10.4. The van der Waals surface area contributed by atoms with Crippen molar-refractivity contribution < 1.29 is 4.74 Å². The van der Waals surface area contributed by atoms with Crippen LogP contribution in [0.4, 0.5) is 0 Å². The highest BCUT2D eigenvalue weighted by atomic mass is 32.2. The SMILES string of the molecule is COc1ccc2c(c1)[C@H](N1CCC1)c1ccccc1CS2. The van der Waals surface area contributed by atoms with Gasteiger partial charge in [-0.2, -0.15) is 0 Å². The van der Waals surface area contributed by atoms with Crippen LogP contribution in [0.15, 0.2) is 47.4 Å². The maximum atomic E-state index is 5.46. The van der Waals surface area contributed by atoms with Gasteiger partial charge in [0.2, 0.25) is 0 Å². The van der Waals surface area contributed by atoms with Crippen LogP contribution < -0.4 is 4.74 Å². The Morgan fingerprint density at radius 3 is 2.71 bits per heavy atom. The maximum Gasteiger partial charge on any atom is 0.119 e. The second-order valence-electron chi connectivity index (χ2n) is 5.68. The highest BCUT2D eigenvalue weighted by Crippen LogP contribution is 2.44. The van der Waals surface area contributed by atoms with Crippen molar-refractivity contribution >= 4 is 11.8 Å². The summed E-state index contributed by atoms with van der Waals surface area (Å²) in [6, 6.07) is 15.8. The standard InChI is InChI=1S/C18H19NOS/c1-20-14-7-8-17-16(11-14)18(19-9-4-10-19)15-6-3-2-5-13(15)12-21-17/h2-3,5-8,11,18H,4,9-10,12H2,1H3/t18-/m1/s1. The molecule has 2 aromatic rings. The van der Waals surface area contributed by atoms with E-state index >= 15 is 0 Å². The molecule has 0 N–H and O–H groups in total. The lowest BCUT2D eigenvalue weighted by Gasteiger charge is -2.39. The Balaban J connectivity index is 1.89. The molecule has 0 bridgehead atoms. The fourth-order valence-corrected chi connectivity index (χ4v) is 4.32. The molecule has 0 amide bonds. The lowest BCUT2D eigenvalue weighted by molar-refractivity contribution is 0.138. The Morgan fingerprint density at radius 2 is 1.95 bits per heavy atom. The van der Waals surface area contributed by atoms with Crippen molar-refractivity contribution in [2.24, 2.45) is 0 Å².